The van der Waals surface area contributed by atoms with Gasteiger partial charge in [-0.25, -0.2) is 19.6 Å². The van der Waals surface area contributed by atoms with Gasteiger partial charge in [0.2, 0.25) is 0 Å². The van der Waals surface area contributed by atoms with Gasteiger partial charge in [-0.1, -0.05) is 36.4 Å². The molecule has 0 N–H and O–H groups in total. The molecule has 0 spiro atoms. The summed E-state index contributed by atoms with van der Waals surface area (Å²) in [5.74, 6) is 1.77. The van der Waals surface area contributed by atoms with Crippen molar-refractivity contribution in [3.63, 3.8) is 0 Å². The van der Waals surface area contributed by atoms with Crippen LogP contribution in [0, 0.1) is 0 Å². The first-order valence-corrected chi connectivity index (χ1v) is 17.7. The van der Waals surface area contributed by atoms with Gasteiger partial charge in [0.1, 0.15) is 22.9 Å². The second-order valence-electron chi connectivity index (χ2n) is 15.7. The van der Waals surface area contributed by atoms with Crippen molar-refractivity contribution in [2.45, 2.75) is 90.5 Å². The summed E-state index contributed by atoms with van der Waals surface area (Å²) >= 11 is 0. The number of nitrogens with zero attached hydrogens (tertiary/aromatic N) is 6. The number of hydrogen-bond donors (Lipinski definition) is 0. The smallest absolute Gasteiger partial charge is 0.410 e. The molecule has 10 nitrogen and oxygen atoms in total. The zero-order valence-electron chi connectivity index (χ0n) is 30.5. The van der Waals surface area contributed by atoms with E-state index in [9.17, 15) is 9.59 Å². The molecule has 2 amide bonds. The zero-order valence-corrected chi connectivity index (χ0v) is 30.5. The Morgan fingerprint density at radius 3 is 1.32 bits per heavy atom. The number of imidazole rings is 2. The third kappa shape index (κ3) is 6.43. The lowest BCUT2D eigenvalue weighted by Gasteiger charge is -2.28. The third-order valence-electron chi connectivity index (χ3n) is 9.74. The van der Waals surface area contributed by atoms with Gasteiger partial charge >= 0.3 is 12.2 Å². The molecule has 5 aromatic rings. The van der Waals surface area contributed by atoms with E-state index in [1.807, 2.05) is 65.4 Å². The minimum Gasteiger partial charge on any atom is -0.444 e. The molecule has 0 unspecified atom stereocenters. The van der Waals surface area contributed by atoms with E-state index in [0.717, 1.165) is 81.7 Å². The molecule has 0 bridgehead atoms. The monoisotopic (exact) mass is 676 g/mol. The van der Waals surface area contributed by atoms with E-state index < -0.39 is 11.2 Å². The number of amides is 2. The Balaban J connectivity index is 1.12. The molecule has 0 radical (unpaired) electrons. The summed E-state index contributed by atoms with van der Waals surface area (Å²) in [4.78, 5) is 39.6. The van der Waals surface area contributed by atoms with Crippen molar-refractivity contribution >= 4 is 34.3 Å². The van der Waals surface area contributed by atoms with Gasteiger partial charge in [0.05, 0.1) is 34.2 Å². The average molecular weight is 677 g/mol. The standard InChI is InChI=1S/C40H48N6O4/c1-39(2,3)49-37(47)45-21-9-11-31(45)35-41-29-19-17-27(23-33(29)43(35)7)25-13-15-26(16-14-25)28-18-20-30-34(24-28)44(8)36(42-30)32-12-10-22-46(32)38(48)50-40(4,5)6/h13-20,23-24,31-32H,9-12,21-22H2,1-8H3/t31-,32-/m0/s1. The van der Waals surface area contributed by atoms with E-state index in [-0.39, 0.29) is 24.3 Å². The van der Waals surface area contributed by atoms with Crippen LogP contribution in [0.3, 0.4) is 0 Å². The Morgan fingerprint density at radius 2 is 0.960 bits per heavy atom. The molecule has 2 saturated heterocycles. The van der Waals surface area contributed by atoms with Crippen LogP contribution < -0.4 is 0 Å². The molecule has 4 heterocycles. The Kier molecular flexibility index (Phi) is 8.39. The fourth-order valence-electron chi connectivity index (χ4n) is 7.38. The lowest BCUT2D eigenvalue weighted by Crippen LogP contribution is -2.37. The van der Waals surface area contributed by atoms with Crippen LogP contribution in [0.4, 0.5) is 9.59 Å². The van der Waals surface area contributed by atoms with Gasteiger partial charge in [-0.3, -0.25) is 9.80 Å². The molecule has 50 heavy (non-hydrogen) atoms. The van der Waals surface area contributed by atoms with Crippen molar-refractivity contribution < 1.29 is 19.1 Å². The van der Waals surface area contributed by atoms with Crippen LogP contribution >= 0.6 is 0 Å². The van der Waals surface area contributed by atoms with Crippen LogP contribution in [0.2, 0.25) is 0 Å². The largest absolute Gasteiger partial charge is 0.444 e. The van der Waals surface area contributed by atoms with Crippen molar-refractivity contribution in [1.82, 2.24) is 28.9 Å². The zero-order chi connectivity index (χ0) is 35.5. The number of fused-ring (bicyclic) bond motifs is 2. The average Bonchev–Trinajstić information content (AvgIpc) is 3.85. The third-order valence-corrected chi connectivity index (χ3v) is 9.74. The normalized spacial score (nSPS) is 18.4. The van der Waals surface area contributed by atoms with E-state index in [1.165, 1.54) is 0 Å². The number of ether oxygens (including phenoxy) is 2. The summed E-state index contributed by atoms with van der Waals surface area (Å²) in [6.07, 6.45) is 3.01. The van der Waals surface area contributed by atoms with E-state index in [1.54, 1.807) is 0 Å². The quantitative estimate of drug-likeness (QED) is 0.189. The van der Waals surface area contributed by atoms with Gasteiger partial charge < -0.3 is 18.6 Å². The lowest BCUT2D eigenvalue weighted by atomic mass is 10.00. The van der Waals surface area contributed by atoms with Crippen molar-refractivity contribution in [2.75, 3.05) is 13.1 Å². The molecule has 262 valence electrons. The molecule has 10 heteroatoms. The van der Waals surface area contributed by atoms with Crippen LogP contribution in [0.5, 0.6) is 0 Å². The molecular formula is C40H48N6O4. The van der Waals surface area contributed by atoms with Gasteiger partial charge in [0.15, 0.2) is 0 Å². The first-order valence-electron chi connectivity index (χ1n) is 17.7. The first kappa shape index (κ1) is 33.6. The summed E-state index contributed by atoms with van der Waals surface area (Å²) in [7, 11) is 4.07. The molecule has 7 rings (SSSR count). The molecule has 3 aromatic carbocycles. The first-order chi connectivity index (χ1) is 23.7. The summed E-state index contributed by atoms with van der Waals surface area (Å²) in [5.41, 5.74) is 7.23. The molecule has 0 saturated carbocycles. The van der Waals surface area contributed by atoms with Crippen molar-refractivity contribution in [3.8, 4) is 22.3 Å². The second-order valence-corrected chi connectivity index (χ2v) is 15.7. The highest BCUT2D eigenvalue weighted by atomic mass is 16.6. The van der Waals surface area contributed by atoms with Crippen molar-refractivity contribution in [2.24, 2.45) is 14.1 Å². The minimum atomic E-state index is -0.544. The van der Waals surface area contributed by atoms with Gasteiger partial charge in [-0.2, -0.15) is 0 Å². The molecule has 2 aliphatic rings. The minimum absolute atomic E-state index is 0.111. The highest BCUT2D eigenvalue weighted by Crippen LogP contribution is 2.37. The number of aromatic nitrogens is 4. The molecule has 0 aliphatic carbocycles. The second kappa shape index (κ2) is 12.5. The van der Waals surface area contributed by atoms with Crippen LogP contribution in [0.25, 0.3) is 44.3 Å². The molecule has 2 aromatic heterocycles. The van der Waals surface area contributed by atoms with E-state index in [0.29, 0.717) is 13.1 Å². The number of likely N-dealkylation sites (tertiary alicyclic amines) is 2. The topological polar surface area (TPSA) is 94.7 Å². The van der Waals surface area contributed by atoms with E-state index >= 15 is 0 Å². The van der Waals surface area contributed by atoms with Crippen LogP contribution in [0.1, 0.15) is 91.0 Å². The number of aryl methyl sites for hydroxylation is 2. The van der Waals surface area contributed by atoms with Crippen LogP contribution in [-0.4, -0.2) is 65.4 Å². The molecular weight excluding hydrogens is 628 g/mol. The van der Waals surface area contributed by atoms with Crippen LogP contribution in [-0.2, 0) is 23.6 Å². The summed E-state index contributed by atoms with van der Waals surface area (Å²) in [6.45, 7) is 12.7. The predicted octanol–water partition coefficient (Wildman–Crippen LogP) is 8.94. The number of benzene rings is 3. The van der Waals surface area contributed by atoms with E-state index in [2.05, 4.69) is 69.8 Å². The van der Waals surface area contributed by atoms with Crippen molar-refractivity contribution in [1.29, 1.82) is 0 Å². The molecule has 2 fully saturated rings. The maximum atomic E-state index is 13.0. The van der Waals surface area contributed by atoms with Gasteiger partial charge in [-0.05, 0) is 114 Å². The van der Waals surface area contributed by atoms with Gasteiger partial charge in [-0.15, -0.1) is 0 Å². The molecule has 2 atom stereocenters. The SMILES string of the molecule is Cn1c([C@@H]2CCCN2C(=O)OC(C)(C)C)nc2ccc(-c3ccc(-c4ccc5nc([C@@H]6CCCN6C(=O)OC(C)(C)C)n(C)c5c4)cc3)cc21. The predicted molar refractivity (Wildman–Crippen MR) is 196 cm³/mol. The summed E-state index contributed by atoms with van der Waals surface area (Å²) in [6, 6.07) is 21.1. The maximum Gasteiger partial charge on any atom is 0.410 e. The number of hydrogen-bond acceptors (Lipinski definition) is 6. The number of carbonyl (C=O) groups excluding carboxylic acids is 2. The Hall–Kier alpha value is -4.86. The van der Waals surface area contributed by atoms with Crippen LogP contribution in [0.15, 0.2) is 60.7 Å². The highest BCUT2D eigenvalue weighted by molar-refractivity contribution is 5.85. The Morgan fingerprint density at radius 1 is 0.600 bits per heavy atom. The highest BCUT2D eigenvalue weighted by Gasteiger charge is 2.37. The fraction of sp³-hybridized carbons (Fsp3) is 0.450. The molecule has 2 aliphatic heterocycles. The number of rotatable bonds is 4. The lowest BCUT2D eigenvalue weighted by molar-refractivity contribution is 0.0206. The van der Waals surface area contributed by atoms with Gasteiger partial charge in [0, 0.05) is 27.2 Å². The maximum absolute atomic E-state index is 13.0. The Labute approximate surface area is 294 Å². The fourth-order valence-corrected chi connectivity index (χ4v) is 7.38. The Bertz CT molecular complexity index is 1930. The van der Waals surface area contributed by atoms with Crippen molar-refractivity contribution in [3.05, 3.63) is 72.3 Å². The number of carbonyl (C=O) groups is 2. The van der Waals surface area contributed by atoms with E-state index in [4.69, 9.17) is 19.4 Å². The summed E-state index contributed by atoms with van der Waals surface area (Å²) in [5, 5.41) is 0. The van der Waals surface area contributed by atoms with Gasteiger partial charge in [0.25, 0.3) is 0 Å². The summed E-state index contributed by atoms with van der Waals surface area (Å²) < 4.78 is 15.7.